The number of esters is 1. The summed E-state index contributed by atoms with van der Waals surface area (Å²) in [6.45, 7) is 3.56. The minimum atomic E-state index is -0.430. The Hall–Kier alpha value is -1.93. The van der Waals surface area contributed by atoms with Gasteiger partial charge in [0.1, 0.15) is 0 Å². The van der Waals surface area contributed by atoms with Gasteiger partial charge >= 0.3 is 5.97 Å². The van der Waals surface area contributed by atoms with E-state index in [-0.39, 0.29) is 18.1 Å². The topological polar surface area (TPSA) is 81.2 Å². The van der Waals surface area contributed by atoms with Crippen LogP contribution < -0.4 is 5.32 Å². The van der Waals surface area contributed by atoms with Crippen LogP contribution in [0.3, 0.4) is 0 Å². The number of nitrogens with one attached hydrogen (secondary N) is 1. The number of aromatic nitrogens is 2. The third-order valence-electron chi connectivity index (χ3n) is 4.71. The molecule has 1 N–H and O–H groups in total. The van der Waals surface area contributed by atoms with Crippen LogP contribution in [0.2, 0.25) is 0 Å². The highest BCUT2D eigenvalue weighted by Gasteiger charge is 2.16. The van der Waals surface area contributed by atoms with Gasteiger partial charge in [0, 0.05) is 11.6 Å². The largest absolute Gasteiger partial charge is 0.457 e. The molecule has 0 atom stereocenters. The number of carbonyl (C=O) groups excluding carboxylic acids is 2. The summed E-state index contributed by atoms with van der Waals surface area (Å²) >= 11 is 2.73. The van der Waals surface area contributed by atoms with E-state index < -0.39 is 5.97 Å². The second-order valence-corrected chi connectivity index (χ2v) is 9.24. The predicted octanol–water partition coefficient (Wildman–Crippen LogP) is 4.42. The Morgan fingerprint density at radius 3 is 2.79 bits per heavy atom. The number of rotatable bonds is 8. The Kier molecular flexibility index (Phi) is 7.44. The number of benzene rings is 1. The van der Waals surface area contributed by atoms with Gasteiger partial charge in [-0.05, 0) is 38.3 Å². The van der Waals surface area contributed by atoms with Crippen LogP contribution in [0.4, 0.5) is 5.13 Å². The second-order valence-electron chi connectivity index (χ2n) is 7.04. The monoisotopic (exact) mass is 419 g/mol. The van der Waals surface area contributed by atoms with Crippen LogP contribution in [0, 0.1) is 13.8 Å². The Morgan fingerprint density at radius 2 is 2.00 bits per heavy atom. The number of ether oxygens (including phenoxy) is 1. The minimum absolute atomic E-state index is 0.109. The van der Waals surface area contributed by atoms with Gasteiger partial charge in [-0.2, -0.15) is 0 Å². The molecule has 2 aromatic rings. The highest BCUT2D eigenvalue weighted by atomic mass is 32.2. The van der Waals surface area contributed by atoms with E-state index in [4.69, 9.17) is 4.74 Å². The molecule has 1 aliphatic rings. The Balaban J connectivity index is 1.42. The molecule has 0 spiro atoms. The molecule has 0 amide bonds. The number of carbonyl (C=O) groups is 2. The maximum Gasteiger partial charge on any atom is 0.316 e. The van der Waals surface area contributed by atoms with Gasteiger partial charge in [-0.25, -0.2) is 0 Å². The fourth-order valence-corrected chi connectivity index (χ4v) is 4.80. The molecule has 0 bridgehead atoms. The molecule has 1 saturated carbocycles. The number of nitrogens with zero attached hydrogens (tertiary/aromatic N) is 2. The van der Waals surface area contributed by atoms with Gasteiger partial charge in [0.25, 0.3) is 0 Å². The van der Waals surface area contributed by atoms with Gasteiger partial charge in [0.2, 0.25) is 10.9 Å². The molecule has 1 aliphatic carbocycles. The summed E-state index contributed by atoms with van der Waals surface area (Å²) in [4.78, 5) is 24.2. The third-order valence-corrected chi connectivity index (χ3v) is 6.67. The van der Waals surface area contributed by atoms with Crippen LogP contribution in [-0.4, -0.2) is 40.4 Å². The molecule has 0 saturated heterocycles. The number of hydrogen-bond donors (Lipinski definition) is 1. The molecule has 150 valence electrons. The predicted molar refractivity (Wildman–Crippen MR) is 112 cm³/mol. The smallest absolute Gasteiger partial charge is 0.316 e. The van der Waals surface area contributed by atoms with Gasteiger partial charge in [0.15, 0.2) is 10.9 Å². The van der Waals surface area contributed by atoms with Gasteiger partial charge < -0.3 is 10.1 Å². The van der Waals surface area contributed by atoms with Crippen LogP contribution in [0.15, 0.2) is 22.5 Å². The first-order valence-electron chi connectivity index (χ1n) is 9.50. The number of ketones is 1. The number of anilines is 1. The first-order valence-corrected chi connectivity index (χ1v) is 11.3. The van der Waals surface area contributed by atoms with E-state index in [0.29, 0.717) is 11.6 Å². The van der Waals surface area contributed by atoms with Crippen molar-refractivity contribution in [3.63, 3.8) is 0 Å². The lowest BCUT2D eigenvalue weighted by molar-refractivity contribution is -0.139. The molecule has 0 unspecified atom stereocenters. The molecular weight excluding hydrogens is 394 g/mol. The summed E-state index contributed by atoms with van der Waals surface area (Å²) in [6, 6.07) is 6.14. The Labute approximate surface area is 173 Å². The van der Waals surface area contributed by atoms with Crippen LogP contribution >= 0.6 is 23.1 Å². The van der Waals surface area contributed by atoms with Gasteiger partial charge in [-0.1, -0.05) is 60.1 Å². The normalized spacial score (nSPS) is 14.6. The molecular formula is C20H25N3O3S2. The molecule has 8 heteroatoms. The van der Waals surface area contributed by atoms with Crippen molar-refractivity contribution in [2.75, 3.05) is 17.7 Å². The summed E-state index contributed by atoms with van der Waals surface area (Å²) in [5, 5.41) is 12.5. The average molecular weight is 420 g/mol. The van der Waals surface area contributed by atoms with Gasteiger partial charge in [0.05, 0.1) is 5.75 Å². The zero-order valence-electron chi connectivity index (χ0n) is 16.2. The van der Waals surface area contributed by atoms with Crippen LogP contribution in [0.5, 0.6) is 0 Å². The van der Waals surface area contributed by atoms with Crippen molar-refractivity contribution in [3.8, 4) is 0 Å². The molecule has 1 aromatic carbocycles. The zero-order valence-corrected chi connectivity index (χ0v) is 17.8. The third kappa shape index (κ3) is 6.04. The van der Waals surface area contributed by atoms with Gasteiger partial charge in [-0.15, -0.1) is 10.2 Å². The number of thioether (sulfide) groups is 1. The molecule has 0 aliphatic heterocycles. The second kappa shape index (κ2) is 10.0. The first-order chi connectivity index (χ1) is 13.5. The van der Waals surface area contributed by atoms with Crippen molar-refractivity contribution < 1.29 is 14.3 Å². The number of hydrogen-bond acceptors (Lipinski definition) is 8. The summed E-state index contributed by atoms with van der Waals surface area (Å²) in [7, 11) is 0. The fraction of sp³-hybridized carbons (Fsp3) is 0.500. The van der Waals surface area contributed by atoms with E-state index in [1.807, 2.05) is 32.0 Å². The van der Waals surface area contributed by atoms with Gasteiger partial charge in [-0.3, -0.25) is 9.59 Å². The van der Waals surface area contributed by atoms with Crippen LogP contribution in [-0.2, 0) is 9.53 Å². The Bertz CT molecular complexity index is 832. The quantitative estimate of drug-likeness (QED) is 0.385. The standard InChI is InChI=1S/C20H25N3O3S2/c1-13-8-9-14(2)16(10-13)17(24)11-26-18(25)12-27-20-23-22-19(28-20)21-15-6-4-3-5-7-15/h8-10,15H,3-7,11-12H2,1-2H3,(H,21,22). The zero-order chi connectivity index (χ0) is 19.9. The highest BCUT2D eigenvalue weighted by molar-refractivity contribution is 8.01. The first kappa shape index (κ1) is 20.8. The van der Waals surface area contributed by atoms with Crippen molar-refractivity contribution in [2.45, 2.75) is 56.3 Å². The van der Waals surface area contributed by atoms with Crippen molar-refractivity contribution in [1.82, 2.24) is 10.2 Å². The van der Waals surface area contributed by atoms with Crippen LogP contribution in [0.25, 0.3) is 0 Å². The summed E-state index contributed by atoms with van der Waals surface area (Å²) in [6.07, 6.45) is 6.16. The van der Waals surface area contributed by atoms with Crippen molar-refractivity contribution in [1.29, 1.82) is 0 Å². The number of Topliss-reactive ketones (excluding diaryl/α,β-unsaturated/α-hetero) is 1. The van der Waals surface area contributed by atoms with Crippen LogP contribution in [0.1, 0.15) is 53.6 Å². The van der Waals surface area contributed by atoms with Crippen molar-refractivity contribution in [3.05, 3.63) is 34.9 Å². The SMILES string of the molecule is Cc1ccc(C)c(C(=O)COC(=O)CSc2nnc(NC3CCCCC3)s2)c1. The maximum atomic E-state index is 12.3. The molecule has 6 nitrogen and oxygen atoms in total. The van der Waals surface area contributed by atoms with E-state index in [1.165, 1.54) is 55.2 Å². The van der Waals surface area contributed by atoms with E-state index in [9.17, 15) is 9.59 Å². The Morgan fingerprint density at radius 1 is 1.21 bits per heavy atom. The van der Waals surface area contributed by atoms with E-state index in [2.05, 4.69) is 15.5 Å². The average Bonchev–Trinajstić information content (AvgIpc) is 3.14. The molecule has 1 fully saturated rings. The molecule has 3 rings (SSSR count). The molecule has 1 aromatic heterocycles. The minimum Gasteiger partial charge on any atom is -0.457 e. The summed E-state index contributed by atoms with van der Waals surface area (Å²) in [5.74, 6) is -0.506. The number of aryl methyl sites for hydroxylation is 2. The van der Waals surface area contributed by atoms with Crippen molar-refractivity contribution in [2.24, 2.45) is 0 Å². The fourth-order valence-electron chi connectivity index (χ4n) is 3.17. The lowest BCUT2D eigenvalue weighted by Gasteiger charge is -2.21. The summed E-state index contributed by atoms with van der Waals surface area (Å²) in [5.41, 5.74) is 2.49. The molecule has 1 heterocycles. The van der Waals surface area contributed by atoms with Crippen molar-refractivity contribution >= 4 is 40.0 Å². The van der Waals surface area contributed by atoms with E-state index in [0.717, 1.165) is 20.6 Å². The maximum absolute atomic E-state index is 12.3. The summed E-state index contributed by atoms with van der Waals surface area (Å²) < 4.78 is 5.85. The van der Waals surface area contributed by atoms with E-state index in [1.54, 1.807) is 0 Å². The lowest BCUT2D eigenvalue weighted by Crippen LogP contribution is -2.21. The van der Waals surface area contributed by atoms with E-state index >= 15 is 0 Å². The molecule has 0 radical (unpaired) electrons. The molecule has 28 heavy (non-hydrogen) atoms. The highest BCUT2D eigenvalue weighted by Crippen LogP contribution is 2.28. The lowest BCUT2D eigenvalue weighted by atomic mass is 9.96.